The van der Waals surface area contributed by atoms with Crippen LogP contribution in [0.4, 0.5) is 11.4 Å². The van der Waals surface area contributed by atoms with E-state index < -0.39 is 5.91 Å². The standard InChI is InChI=1S/C22H20N4O3/c1-14-7-8-17(11-15(14)2)24-25-18-9-10-20(27)16(12-18)13-23-26-22(29)19-5-3-4-6-21(19)28/h3-13,27-28H,1-2H3,(H,26,29)/b23-13+,25-24?. The van der Waals surface area contributed by atoms with Gasteiger partial charge in [0.05, 0.1) is 23.2 Å². The van der Waals surface area contributed by atoms with E-state index in [4.69, 9.17) is 0 Å². The molecule has 3 aromatic rings. The van der Waals surface area contributed by atoms with E-state index in [0.29, 0.717) is 11.3 Å². The minimum Gasteiger partial charge on any atom is -0.507 e. The fourth-order valence-corrected chi connectivity index (χ4v) is 2.50. The molecule has 0 unspecified atom stereocenters. The number of phenols is 2. The summed E-state index contributed by atoms with van der Waals surface area (Å²) in [5.41, 5.74) is 6.33. The minimum absolute atomic E-state index is 0.0179. The lowest BCUT2D eigenvalue weighted by molar-refractivity contribution is 0.0952. The topological polar surface area (TPSA) is 107 Å². The van der Waals surface area contributed by atoms with E-state index in [0.717, 1.165) is 11.3 Å². The fraction of sp³-hybridized carbons (Fsp3) is 0.0909. The van der Waals surface area contributed by atoms with Crippen LogP contribution in [0.2, 0.25) is 0 Å². The number of hydrazone groups is 1. The van der Waals surface area contributed by atoms with Crippen molar-refractivity contribution in [2.45, 2.75) is 13.8 Å². The summed E-state index contributed by atoms with van der Waals surface area (Å²) in [6.45, 7) is 4.03. The zero-order valence-corrected chi connectivity index (χ0v) is 16.0. The highest BCUT2D eigenvalue weighted by molar-refractivity contribution is 5.97. The number of amides is 1. The molecule has 7 heteroatoms. The molecule has 0 aliphatic heterocycles. The summed E-state index contributed by atoms with van der Waals surface area (Å²) in [6, 6.07) is 16.6. The summed E-state index contributed by atoms with van der Waals surface area (Å²) in [5.74, 6) is -0.725. The van der Waals surface area contributed by atoms with Gasteiger partial charge in [-0.2, -0.15) is 15.3 Å². The lowest BCUT2D eigenvalue weighted by Gasteiger charge is -2.03. The Bertz CT molecular complexity index is 1110. The van der Waals surface area contributed by atoms with Crippen molar-refractivity contribution in [3.8, 4) is 11.5 Å². The van der Waals surface area contributed by atoms with Gasteiger partial charge in [0.2, 0.25) is 0 Å². The van der Waals surface area contributed by atoms with E-state index in [1.807, 2.05) is 32.0 Å². The first-order valence-electron chi connectivity index (χ1n) is 8.87. The third kappa shape index (κ3) is 5.04. The van der Waals surface area contributed by atoms with E-state index in [1.54, 1.807) is 24.3 Å². The highest BCUT2D eigenvalue weighted by atomic mass is 16.3. The summed E-state index contributed by atoms with van der Waals surface area (Å²) in [7, 11) is 0. The van der Waals surface area contributed by atoms with Crippen molar-refractivity contribution in [3.63, 3.8) is 0 Å². The van der Waals surface area contributed by atoms with Gasteiger partial charge >= 0.3 is 0 Å². The number of hydrogen-bond acceptors (Lipinski definition) is 6. The molecule has 0 aliphatic carbocycles. The van der Waals surface area contributed by atoms with E-state index in [1.165, 1.54) is 30.0 Å². The molecular weight excluding hydrogens is 368 g/mol. The molecule has 0 radical (unpaired) electrons. The fourth-order valence-electron chi connectivity index (χ4n) is 2.50. The highest BCUT2D eigenvalue weighted by Gasteiger charge is 2.09. The SMILES string of the molecule is Cc1ccc(N=Nc2ccc(O)c(/C=N/NC(=O)c3ccccc3O)c2)cc1C. The van der Waals surface area contributed by atoms with E-state index in [-0.39, 0.29) is 17.1 Å². The maximum Gasteiger partial charge on any atom is 0.275 e. The number of azo groups is 1. The molecule has 0 saturated heterocycles. The number of hydrogen-bond donors (Lipinski definition) is 3. The number of benzene rings is 3. The number of para-hydroxylation sites is 1. The van der Waals surface area contributed by atoms with E-state index in [2.05, 4.69) is 20.8 Å². The average molecular weight is 388 g/mol. The number of carbonyl (C=O) groups is 1. The van der Waals surface area contributed by atoms with Gasteiger partial charge in [-0.05, 0) is 67.4 Å². The molecule has 3 aromatic carbocycles. The van der Waals surface area contributed by atoms with Crippen molar-refractivity contribution in [2.24, 2.45) is 15.3 Å². The molecule has 0 spiro atoms. The lowest BCUT2D eigenvalue weighted by atomic mass is 10.1. The summed E-state index contributed by atoms with van der Waals surface area (Å²) in [5, 5.41) is 31.9. The molecule has 0 aliphatic rings. The molecular formula is C22H20N4O3. The Morgan fingerprint density at radius 1 is 0.862 bits per heavy atom. The minimum atomic E-state index is -0.565. The van der Waals surface area contributed by atoms with Crippen LogP contribution in [0.15, 0.2) is 76.0 Å². The highest BCUT2D eigenvalue weighted by Crippen LogP contribution is 2.25. The second-order valence-electron chi connectivity index (χ2n) is 6.43. The van der Waals surface area contributed by atoms with Crippen molar-refractivity contribution in [3.05, 3.63) is 82.9 Å². The van der Waals surface area contributed by atoms with Crippen molar-refractivity contribution in [1.29, 1.82) is 0 Å². The number of aryl methyl sites for hydroxylation is 2. The predicted octanol–water partition coefficient (Wildman–Crippen LogP) is 4.89. The Morgan fingerprint density at radius 3 is 2.28 bits per heavy atom. The van der Waals surface area contributed by atoms with Gasteiger partial charge in [-0.15, -0.1) is 0 Å². The molecule has 146 valence electrons. The first-order valence-corrected chi connectivity index (χ1v) is 8.87. The van der Waals surface area contributed by atoms with Gasteiger partial charge in [-0.3, -0.25) is 4.79 Å². The maximum absolute atomic E-state index is 12.0. The molecule has 29 heavy (non-hydrogen) atoms. The number of rotatable bonds is 5. The molecule has 0 saturated carbocycles. The summed E-state index contributed by atoms with van der Waals surface area (Å²) >= 11 is 0. The largest absolute Gasteiger partial charge is 0.507 e. The quantitative estimate of drug-likeness (QED) is 0.329. The smallest absolute Gasteiger partial charge is 0.275 e. The van der Waals surface area contributed by atoms with Gasteiger partial charge in [-0.1, -0.05) is 18.2 Å². The van der Waals surface area contributed by atoms with Crippen LogP contribution in [0.5, 0.6) is 11.5 Å². The third-order valence-corrected chi connectivity index (χ3v) is 4.30. The zero-order chi connectivity index (χ0) is 20.8. The molecule has 0 heterocycles. The Hall–Kier alpha value is -4.00. The summed E-state index contributed by atoms with van der Waals surface area (Å²) in [4.78, 5) is 12.0. The predicted molar refractivity (Wildman–Crippen MR) is 111 cm³/mol. The van der Waals surface area contributed by atoms with Crippen LogP contribution in [0.3, 0.4) is 0 Å². The number of aromatic hydroxyl groups is 2. The summed E-state index contributed by atoms with van der Waals surface area (Å²) in [6.07, 6.45) is 1.29. The van der Waals surface area contributed by atoms with E-state index >= 15 is 0 Å². The Balaban J connectivity index is 1.72. The van der Waals surface area contributed by atoms with Gasteiger partial charge in [-0.25, -0.2) is 5.43 Å². The maximum atomic E-state index is 12.0. The Kier molecular flexibility index (Phi) is 5.99. The molecule has 3 rings (SSSR count). The van der Waals surface area contributed by atoms with Crippen LogP contribution in [0.1, 0.15) is 27.0 Å². The van der Waals surface area contributed by atoms with Gasteiger partial charge in [0.15, 0.2) is 0 Å². The lowest BCUT2D eigenvalue weighted by Crippen LogP contribution is -2.17. The second kappa shape index (κ2) is 8.79. The average Bonchev–Trinajstić information content (AvgIpc) is 2.71. The number of carbonyl (C=O) groups excluding carboxylic acids is 1. The Morgan fingerprint density at radius 2 is 1.55 bits per heavy atom. The van der Waals surface area contributed by atoms with Crippen molar-refractivity contribution >= 4 is 23.5 Å². The molecule has 7 nitrogen and oxygen atoms in total. The first kappa shape index (κ1) is 19.8. The molecule has 0 atom stereocenters. The van der Waals surface area contributed by atoms with Crippen LogP contribution < -0.4 is 5.43 Å². The van der Waals surface area contributed by atoms with Gasteiger partial charge < -0.3 is 10.2 Å². The molecule has 0 bridgehead atoms. The van der Waals surface area contributed by atoms with Crippen LogP contribution in [0, 0.1) is 13.8 Å². The van der Waals surface area contributed by atoms with Gasteiger partial charge in [0, 0.05) is 5.56 Å². The number of nitrogens with one attached hydrogen (secondary N) is 1. The third-order valence-electron chi connectivity index (χ3n) is 4.30. The van der Waals surface area contributed by atoms with Crippen molar-refractivity contribution in [2.75, 3.05) is 0 Å². The summed E-state index contributed by atoms with van der Waals surface area (Å²) < 4.78 is 0. The number of nitrogens with zero attached hydrogens (tertiary/aromatic N) is 3. The van der Waals surface area contributed by atoms with Crippen molar-refractivity contribution < 1.29 is 15.0 Å². The van der Waals surface area contributed by atoms with Gasteiger partial charge in [0.25, 0.3) is 5.91 Å². The number of phenolic OH excluding ortho intramolecular Hbond substituents is 2. The molecule has 0 fully saturated rings. The van der Waals surface area contributed by atoms with Crippen LogP contribution in [-0.4, -0.2) is 22.3 Å². The van der Waals surface area contributed by atoms with Crippen LogP contribution in [0.25, 0.3) is 0 Å². The van der Waals surface area contributed by atoms with Gasteiger partial charge in [0.1, 0.15) is 11.5 Å². The zero-order valence-electron chi connectivity index (χ0n) is 16.0. The molecule has 1 amide bonds. The van der Waals surface area contributed by atoms with E-state index in [9.17, 15) is 15.0 Å². The van der Waals surface area contributed by atoms with Crippen LogP contribution in [-0.2, 0) is 0 Å². The normalized spacial score (nSPS) is 11.2. The molecule has 0 aromatic heterocycles. The van der Waals surface area contributed by atoms with Crippen molar-refractivity contribution in [1.82, 2.24) is 5.43 Å². The van der Waals surface area contributed by atoms with Crippen LogP contribution >= 0.6 is 0 Å². The monoisotopic (exact) mass is 388 g/mol. The Labute approximate surface area is 168 Å². The first-order chi connectivity index (χ1) is 13.9. The second-order valence-corrected chi connectivity index (χ2v) is 6.43. The molecule has 3 N–H and O–H groups in total.